The van der Waals surface area contributed by atoms with E-state index in [9.17, 15) is 13.2 Å². The van der Waals surface area contributed by atoms with E-state index in [-0.39, 0.29) is 22.9 Å². The van der Waals surface area contributed by atoms with Gasteiger partial charge < -0.3 is 10.2 Å². The minimum Gasteiger partial charge on any atom is -0.313 e. The molecular weight excluding hydrogens is 314 g/mol. The molecule has 126 valence electrons. The zero-order valence-corrected chi connectivity index (χ0v) is 14.1. The number of carbonyl (C=O) groups is 1. The lowest BCUT2D eigenvalue weighted by molar-refractivity contribution is -0.117. The van der Waals surface area contributed by atoms with Gasteiger partial charge in [0.2, 0.25) is 15.9 Å². The SMILES string of the molecule is CC1NCCCC1NS(=O)(=O)c1ccc(N2CCCC2=O)cc1. The second kappa shape index (κ2) is 6.59. The Bertz CT molecular complexity index is 672. The number of sulfonamides is 1. The third-order valence-corrected chi connectivity index (χ3v) is 6.11. The highest BCUT2D eigenvalue weighted by Crippen LogP contribution is 2.23. The Hall–Kier alpha value is -1.44. The van der Waals surface area contributed by atoms with Crippen LogP contribution in [0.5, 0.6) is 0 Å². The first-order valence-corrected chi connectivity index (χ1v) is 9.62. The summed E-state index contributed by atoms with van der Waals surface area (Å²) < 4.78 is 27.8. The fraction of sp³-hybridized carbons (Fsp3) is 0.562. The highest BCUT2D eigenvalue weighted by atomic mass is 32.2. The Balaban J connectivity index is 1.73. The van der Waals surface area contributed by atoms with Gasteiger partial charge >= 0.3 is 0 Å². The second-order valence-electron chi connectivity index (χ2n) is 6.26. The van der Waals surface area contributed by atoms with Crippen molar-refractivity contribution >= 4 is 21.6 Å². The third kappa shape index (κ3) is 3.57. The van der Waals surface area contributed by atoms with E-state index in [1.54, 1.807) is 29.2 Å². The van der Waals surface area contributed by atoms with Crippen molar-refractivity contribution in [1.29, 1.82) is 0 Å². The molecule has 0 aromatic heterocycles. The highest BCUT2D eigenvalue weighted by Gasteiger charge is 2.27. The Labute approximate surface area is 137 Å². The van der Waals surface area contributed by atoms with Crippen molar-refractivity contribution in [2.45, 2.75) is 49.6 Å². The minimum absolute atomic E-state index is 0.0893. The lowest BCUT2D eigenvalue weighted by atomic mass is 10.0. The van der Waals surface area contributed by atoms with Gasteiger partial charge in [-0.15, -0.1) is 0 Å². The van der Waals surface area contributed by atoms with E-state index in [1.807, 2.05) is 6.92 Å². The van der Waals surface area contributed by atoms with E-state index in [2.05, 4.69) is 10.0 Å². The van der Waals surface area contributed by atoms with Gasteiger partial charge in [0, 0.05) is 30.7 Å². The summed E-state index contributed by atoms with van der Waals surface area (Å²) in [6.45, 7) is 3.63. The monoisotopic (exact) mass is 337 g/mol. The molecule has 2 fully saturated rings. The van der Waals surface area contributed by atoms with Crippen LogP contribution in [0, 0.1) is 0 Å². The van der Waals surface area contributed by atoms with Crippen LogP contribution < -0.4 is 14.9 Å². The first-order valence-electron chi connectivity index (χ1n) is 8.13. The van der Waals surface area contributed by atoms with Crippen LogP contribution >= 0.6 is 0 Å². The average molecular weight is 337 g/mol. The predicted molar refractivity (Wildman–Crippen MR) is 88.8 cm³/mol. The average Bonchev–Trinajstić information content (AvgIpc) is 2.96. The van der Waals surface area contributed by atoms with Crippen molar-refractivity contribution in [3.8, 4) is 0 Å². The van der Waals surface area contributed by atoms with E-state index in [1.165, 1.54) is 0 Å². The lowest BCUT2D eigenvalue weighted by Gasteiger charge is -2.30. The second-order valence-corrected chi connectivity index (χ2v) is 7.97. The van der Waals surface area contributed by atoms with E-state index < -0.39 is 10.0 Å². The molecule has 1 aromatic carbocycles. The molecule has 2 N–H and O–H groups in total. The maximum absolute atomic E-state index is 12.5. The lowest BCUT2D eigenvalue weighted by Crippen LogP contribution is -2.51. The minimum atomic E-state index is -3.54. The number of anilines is 1. The summed E-state index contributed by atoms with van der Waals surface area (Å²) in [7, 11) is -3.54. The third-order valence-electron chi connectivity index (χ3n) is 4.60. The first kappa shape index (κ1) is 16.4. The van der Waals surface area contributed by atoms with E-state index >= 15 is 0 Å². The number of nitrogens with zero attached hydrogens (tertiary/aromatic N) is 1. The summed E-state index contributed by atoms with van der Waals surface area (Å²) in [6.07, 6.45) is 3.22. The van der Waals surface area contributed by atoms with Gasteiger partial charge in [0.05, 0.1) is 4.90 Å². The molecule has 0 bridgehead atoms. The van der Waals surface area contributed by atoms with Crippen LogP contribution in [-0.2, 0) is 14.8 Å². The summed E-state index contributed by atoms with van der Waals surface area (Å²) in [5.74, 6) is 0.0980. The first-order chi connectivity index (χ1) is 11.0. The van der Waals surface area contributed by atoms with Crippen LogP contribution in [0.2, 0.25) is 0 Å². The summed E-state index contributed by atoms with van der Waals surface area (Å²) in [5.41, 5.74) is 0.763. The number of hydrogen-bond donors (Lipinski definition) is 2. The zero-order chi connectivity index (χ0) is 16.4. The van der Waals surface area contributed by atoms with Gasteiger partial charge in [0.1, 0.15) is 0 Å². The van der Waals surface area contributed by atoms with Crippen LogP contribution in [0.4, 0.5) is 5.69 Å². The molecule has 2 aliphatic heterocycles. The summed E-state index contributed by atoms with van der Waals surface area (Å²) in [4.78, 5) is 13.7. The number of nitrogens with one attached hydrogen (secondary N) is 2. The van der Waals surface area contributed by atoms with Crippen molar-refractivity contribution in [2.75, 3.05) is 18.0 Å². The molecule has 7 heteroatoms. The molecule has 2 saturated heterocycles. The van der Waals surface area contributed by atoms with Crippen LogP contribution in [0.1, 0.15) is 32.6 Å². The number of piperidine rings is 1. The fourth-order valence-corrected chi connectivity index (χ4v) is 4.55. The van der Waals surface area contributed by atoms with Crippen molar-refractivity contribution in [1.82, 2.24) is 10.0 Å². The molecule has 2 aliphatic rings. The molecule has 1 amide bonds. The molecule has 2 unspecified atom stereocenters. The van der Waals surface area contributed by atoms with E-state index in [0.717, 1.165) is 31.5 Å². The van der Waals surface area contributed by atoms with Crippen LogP contribution in [0.3, 0.4) is 0 Å². The molecule has 1 aromatic rings. The number of benzene rings is 1. The fourth-order valence-electron chi connectivity index (χ4n) is 3.20. The van der Waals surface area contributed by atoms with Gasteiger partial charge in [0.15, 0.2) is 0 Å². The molecule has 0 radical (unpaired) electrons. The molecule has 3 rings (SSSR count). The Morgan fingerprint density at radius 3 is 2.57 bits per heavy atom. The summed E-state index contributed by atoms with van der Waals surface area (Å²) in [5, 5.41) is 3.29. The summed E-state index contributed by atoms with van der Waals surface area (Å²) >= 11 is 0. The van der Waals surface area contributed by atoms with Crippen molar-refractivity contribution in [2.24, 2.45) is 0 Å². The smallest absolute Gasteiger partial charge is 0.240 e. The topological polar surface area (TPSA) is 78.5 Å². The Kier molecular flexibility index (Phi) is 4.70. The standard InChI is InChI=1S/C16H23N3O3S/c1-12-15(4-2-10-17-12)18-23(21,22)14-8-6-13(7-9-14)19-11-3-5-16(19)20/h6-9,12,15,17-18H,2-5,10-11H2,1H3. The number of carbonyl (C=O) groups excluding carboxylic acids is 1. The largest absolute Gasteiger partial charge is 0.313 e. The molecular formula is C16H23N3O3S. The van der Waals surface area contributed by atoms with Gasteiger partial charge in [-0.05, 0) is 57.0 Å². The summed E-state index contributed by atoms with van der Waals surface area (Å²) in [6, 6.07) is 6.60. The molecule has 0 aliphatic carbocycles. The molecule has 2 heterocycles. The van der Waals surface area contributed by atoms with Crippen LogP contribution in [0.25, 0.3) is 0 Å². The highest BCUT2D eigenvalue weighted by molar-refractivity contribution is 7.89. The number of amides is 1. The Morgan fingerprint density at radius 1 is 1.22 bits per heavy atom. The van der Waals surface area contributed by atoms with E-state index in [4.69, 9.17) is 0 Å². The van der Waals surface area contributed by atoms with Crippen molar-refractivity contribution < 1.29 is 13.2 Å². The maximum atomic E-state index is 12.5. The van der Waals surface area contributed by atoms with Crippen molar-refractivity contribution in [3.05, 3.63) is 24.3 Å². The molecule has 23 heavy (non-hydrogen) atoms. The van der Waals surface area contributed by atoms with Gasteiger partial charge in [-0.2, -0.15) is 0 Å². The predicted octanol–water partition coefficient (Wildman–Crippen LogP) is 1.23. The molecule has 6 nitrogen and oxygen atoms in total. The maximum Gasteiger partial charge on any atom is 0.240 e. The Morgan fingerprint density at radius 2 is 1.96 bits per heavy atom. The van der Waals surface area contributed by atoms with Crippen LogP contribution in [0.15, 0.2) is 29.2 Å². The molecule has 2 atom stereocenters. The quantitative estimate of drug-likeness (QED) is 0.866. The molecule has 0 saturated carbocycles. The van der Waals surface area contributed by atoms with Gasteiger partial charge in [0.25, 0.3) is 0 Å². The van der Waals surface area contributed by atoms with E-state index in [0.29, 0.717) is 13.0 Å². The van der Waals surface area contributed by atoms with Gasteiger partial charge in [-0.3, -0.25) is 4.79 Å². The van der Waals surface area contributed by atoms with Crippen LogP contribution in [-0.4, -0.2) is 39.5 Å². The van der Waals surface area contributed by atoms with Gasteiger partial charge in [-0.25, -0.2) is 13.1 Å². The molecule has 0 spiro atoms. The zero-order valence-electron chi connectivity index (χ0n) is 13.3. The van der Waals surface area contributed by atoms with Crippen molar-refractivity contribution in [3.63, 3.8) is 0 Å². The number of hydrogen-bond acceptors (Lipinski definition) is 4. The number of rotatable bonds is 4. The normalized spacial score (nSPS) is 25.8. The van der Waals surface area contributed by atoms with Gasteiger partial charge in [-0.1, -0.05) is 0 Å².